The van der Waals surface area contributed by atoms with Crippen molar-refractivity contribution in [2.24, 2.45) is 0 Å². The number of hydrogen-bond donors (Lipinski definition) is 1. The number of carboxylic acid groups (broad SMARTS) is 1. The van der Waals surface area contributed by atoms with Gasteiger partial charge < -0.3 is 14.4 Å². The van der Waals surface area contributed by atoms with Crippen molar-refractivity contribution in [3.05, 3.63) is 58.2 Å². The van der Waals surface area contributed by atoms with Crippen LogP contribution in [0.3, 0.4) is 0 Å². The van der Waals surface area contributed by atoms with Crippen LogP contribution in [0.5, 0.6) is 5.75 Å². The van der Waals surface area contributed by atoms with Crippen molar-refractivity contribution in [3.8, 4) is 11.4 Å². The summed E-state index contributed by atoms with van der Waals surface area (Å²) >= 11 is 12.7. The fraction of sp³-hybridized carbons (Fsp3) is 0.250. The molecule has 0 spiro atoms. The topological polar surface area (TPSA) is 51.5 Å². The lowest BCUT2D eigenvalue weighted by atomic mass is 10.2. The van der Waals surface area contributed by atoms with E-state index in [-0.39, 0.29) is 11.8 Å². The molecule has 134 valence electrons. The van der Waals surface area contributed by atoms with Crippen molar-refractivity contribution in [2.75, 3.05) is 0 Å². The first-order chi connectivity index (χ1) is 12.6. The third-order valence-corrected chi connectivity index (χ3v) is 5.59. The Morgan fingerprint density at radius 1 is 1.08 bits per heavy atom. The highest BCUT2D eigenvalue weighted by atomic mass is 35.5. The first-order valence-corrected chi connectivity index (χ1v) is 9.31. The van der Waals surface area contributed by atoms with Crippen LogP contribution in [-0.2, 0) is 0 Å². The van der Waals surface area contributed by atoms with E-state index in [0.717, 1.165) is 31.4 Å². The summed E-state index contributed by atoms with van der Waals surface area (Å²) < 4.78 is 7.85. The van der Waals surface area contributed by atoms with Crippen LogP contribution >= 0.6 is 23.2 Å². The summed E-state index contributed by atoms with van der Waals surface area (Å²) in [6.45, 7) is 0. The number of ether oxygens (including phenoxy) is 1. The van der Waals surface area contributed by atoms with Gasteiger partial charge in [0.25, 0.3) is 0 Å². The van der Waals surface area contributed by atoms with Gasteiger partial charge in [0, 0.05) is 5.69 Å². The third kappa shape index (κ3) is 2.83. The Morgan fingerprint density at radius 3 is 2.42 bits per heavy atom. The first-order valence-electron chi connectivity index (χ1n) is 8.55. The van der Waals surface area contributed by atoms with Crippen molar-refractivity contribution in [3.63, 3.8) is 0 Å². The number of hydrogen-bond acceptors (Lipinski definition) is 2. The molecule has 1 aromatic heterocycles. The lowest BCUT2D eigenvalue weighted by Gasteiger charge is -2.14. The molecule has 4 nitrogen and oxygen atoms in total. The van der Waals surface area contributed by atoms with E-state index in [9.17, 15) is 9.90 Å². The summed E-state index contributed by atoms with van der Waals surface area (Å²) in [5.41, 5.74) is 1.47. The third-order valence-electron chi connectivity index (χ3n) is 4.78. The molecule has 0 amide bonds. The number of fused-ring (bicyclic) bond motifs is 1. The van der Waals surface area contributed by atoms with Crippen molar-refractivity contribution in [1.82, 2.24) is 4.57 Å². The number of rotatable bonds is 4. The molecular weight excluding hydrogens is 373 g/mol. The number of carboxylic acids is 1. The van der Waals surface area contributed by atoms with Crippen LogP contribution in [0, 0.1) is 0 Å². The number of aromatic carboxylic acids is 1. The lowest BCUT2D eigenvalue weighted by molar-refractivity contribution is 0.0681. The van der Waals surface area contributed by atoms with Gasteiger partial charge in [0.1, 0.15) is 0 Å². The molecule has 1 N–H and O–H groups in total. The van der Waals surface area contributed by atoms with E-state index in [1.807, 2.05) is 30.3 Å². The Bertz CT molecular complexity index is 976. The van der Waals surface area contributed by atoms with Crippen molar-refractivity contribution < 1.29 is 14.6 Å². The molecule has 2 aromatic carbocycles. The van der Waals surface area contributed by atoms with Crippen molar-refractivity contribution in [2.45, 2.75) is 31.8 Å². The maximum absolute atomic E-state index is 12.2. The van der Waals surface area contributed by atoms with Gasteiger partial charge in [0.15, 0.2) is 11.4 Å². The number of benzene rings is 2. The van der Waals surface area contributed by atoms with Crippen LogP contribution in [0.4, 0.5) is 0 Å². The van der Waals surface area contributed by atoms with E-state index >= 15 is 0 Å². The number of aromatic nitrogens is 1. The van der Waals surface area contributed by atoms with E-state index in [1.54, 1.807) is 16.7 Å². The van der Waals surface area contributed by atoms with Crippen LogP contribution < -0.4 is 4.74 Å². The zero-order valence-corrected chi connectivity index (χ0v) is 15.4. The maximum atomic E-state index is 12.2. The quantitative estimate of drug-likeness (QED) is 0.598. The minimum atomic E-state index is -1.06. The molecule has 0 atom stereocenters. The molecule has 0 saturated heterocycles. The Labute approximate surface area is 160 Å². The van der Waals surface area contributed by atoms with Gasteiger partial charge in [-0.25, -0.2) is 4.79 Å². The number of nitrogens with zero attached hydrogens (tertiary/aromatic N) is 1. The van der Waals surface area contributed by atoms with Crippen LogP contribution in [0.15, 0.2) is 42.5 Å². The van der Waals surface area contributed by atoms with Gasteiger partial charge >= 0.3 is 5.97 Å². The molecule has 6 heteroatoms. The molecule has 0 radical (unpaired) electrons. The van der Waals surface area contributed by atoms with E-state index in [4.69, 9.17) is 27.9 Å². The van der Waals surface area contributed by atoms with E-state index in [1.165, 1.54) is 0 Å². The zero-order valence-electron chi connectivity index (χ0n) is 13.9. The van der Waals surface area contributed by atoms with E-state index < -0.39 is 5.97 Å². The van der Waals surface area contributed by atoms with Crippen molar-refractivity contribution >= 4 is 40.1 Å². The van der Waals surface area contributed by atoms with Gasteiger partial charge in [0.05, 0.1) is 27.1 Å². The molecule has 3 aromatic rings. The average molecular weight is 390 g/mol. The Kier molecular flexibility index (Phi) is 4.55. The molecule has 1 heterocycles. The zero-order chi connectivity index (χ0) is 18.3. The Balaban J connectivity index is 2.05. The van der Waals surface area contributed by atoms with Crippen molar-refractivity contribution in [1.29, 1.82) is 0 Å². The fourth-order valence-electron chi connectivity index (χ4n) is 3.61. The fourth-order valence-corrected chi connectivity index (χ4v) is 4.01. The highest BCUT2D eigenvalue weighted by Crippen LogP contribution is 2.44. The standard InChI is InChI=1S/C20H17Cl2NO3/c21-14-10-11-15-16(17(14)22)19(26-13-8-4-5-9-13)18(20(24)25)23(15)12-6-2-1-3-7-12/h1-3,6-7,10-11,13H,4-5,8-9H2,(H,24,25). The molecular formula is C20H17Cl2NO3. The Hall–Kier alpha value is -2.17. The molecule has 0 unspecified atom stereocenters. The molecule has 0 bridgehead atoms. The summed E-state index contributed by atoms with van der Waals surface area (Å²) in [7, 11) is 0. The summed E-state index contributed by atoms with van der Waals surface area (Å²) in [6, 6.07) is 12.8. The van der Waals surface area contributed by atoms with E-state index in [0.29, 0.717) is 26.7 Å². The van der Waals surface area contributed by atoms with Gasteiger partial charge in [-0.2, -0.15) is 0 Å². The molecule has 1 aliphatic rings. The van der Waals surface area contributed by atoms with Gasteiger partial charge in [-0.1, -0.05) is 41.4 Å². The smallest absolute Gasteiger partial charge is 0.356 e. The summed E-state index contributed by atoms with van der Waals surface area (Å²) in [5.74, 6) is -0.763. The molecule has 1 aliphatic carbocycles. The molecule has 1 saturated carbocycles. The van der Waals surface area contributed by atoms with Crippen LogP contribution in [0.25, 0.3) is 16.6 Å². The second-order valence-corrected chi connectivity index (χ2v) is 7.22. The first kappa shape index (κ1) is 17.3. The largest absolute Gasteiger partial charge is 0.487 e. The predicted molar refractivity (Wildman–Crippen MR) is 103 cm³/mol. The van der Waals surface area contributed by atoms with Gasteiger partial charge in [0.2, 0.25) is 0 Å². The summed E-state index contributed by atoms with van der Waals surface area (Å²) in [6.07, 6.45) is 3.99. The highest BCUT2D eigenvalue weighted by Gasteiger charge is 2.30. The maximum Gasteiger partial charge on any atom is 0.356 e. The second kappa shape index (κ2) is 6.86. The second-order valence-electron chi connectivity index (χ2n) is 6.43. The molecule has 4 rings (SSSR count). The molecule has 1 fully saturated rings. The van der Waals surface area contributed by atoms with Crippen LogP contribution in [-0.4, -0.2) is 21.7 Å². The predicted octanol–water partition coefficient (Wildman–Crippen LogP) is 5.96. The van der Waals surface area contributed by atoms with Crippen LogP contribution in [0.1, 0.15) is 36.2 Å². The summed E-state index contributed by atoms with van der Waals surface area (Å²) in [4.78, 5) is 12.2. The average Bonchev–Trinajstić information content (AvgIpc) is 3.25. The normalized spacial score (nSPS) is 14.8. The Morgan fingerprint density at radius 2 is 1.77 bits per heavy atom. The monoisotopic (exact) mass is 389 g/mol. The lowest BCUT2D eigenvalue weighted by Crippen LogP contribution is -2.14. The number of para-hydroxylation sites is 1. The van der Waals surface area contributed by atoms with Gasteiger partial charge in [-0.05, 0) is 49.9 Å². The molecule has 26 heavy (non-hydrogen) atoms. The van der Waals surface area contributed by atoms with Gasteiger partial charge in [-0.3, -0.25) is 0 Å². The number of carbonyl (C=O) groups is 1. The minimum absolute atomic E-state index is 0.00188. The van der Waals surface area contributed by atoms with E-state index in [2.05, 4.69) is 0 Å². The minimum Gasteiger partial charge on any atom is -0.487 e. The van der Waals surface area contributed by atoms with Crippen LogP contribution in [0.2, 0.25) is 10.0 Å². The summed E-state index contributed by atoms with van der Waals surface area (Å²) in [5, 5.41) is 11.2. The van der Waals surface area contributed by atoms with Gasteiger partial charge in [-0.15, -0.1) is 0 Å². The number of halogens is 2. The highest BCUT2D eigenvalue weighted by molar-refractivity contribution is 6.45. The molecule has 0 aliphatic heterocycles. The SMILES string of the molecule is O=C(O)c1c(OC2CCCC2)c2c(Cl)c(Cl)ccc2n1-c1ccccc1.